The number of fused-ring (bicyclic) bond motifs is 1. The first-order valence-electron chi connectivity index (χ1n) is 8.92. The monoisotopic (exact) mass is 332 g/mol. The Labute approximate surface area is 144 Å². The van der Waals surface area contributed by atoms with Crippen LogP contribution in [0.1, 0.15) is 31.2 Å². The van der Waals surface area contributed by atoms with Gasteiger partial charge in [-0.2, -0.15) is 0 Å². The number of aliphatic hydroxyl groups excluding tert-OH is 1. The van der Waals surface area contributed by atoms with Crippen molar-refractivity contribution in [1.29, 1.82) is 0 Å². The molecule has 3 rings (SSSR count). The van der Waals surface area contributed by atoms with Crippen LogP contribution in [-0.4, -0.2) is 55.8 Å². The number of aryl methyl sites for hydroxylation is 1. The van der Waals surface area contributed by atoms with Crippen molar-refractivity contribution in [3.05, 3.63) is 23.8 Å². The molecule has 1 aromatic rings. The molecule has 1 saturated carbocycles. The molecule has 5 heteroatoms. The number of benzene rings is 1. The van der Waals surface area contributed by atoms with E-state index in [1.807, 2.05) is 30.1 Å². The number of amides is 1. The molecule has 1 heterocycles. The standard InChI is InChI=1S/C19H28N2O3/c1-20(12-15-5-3-7-18(15)22)13-19(23)21-10-4-6-14-11-16(24-2)8-9-17(14)21/h8-9,11,15,18,22H,3-7,10,12-13H2,1-2H3. The minimum atomic E-state index is -0.203. The zero-order valence-corrected chi connectivity index (χ0v) is 14.7. The third-order valence-corrected chi connectivity index (χ3v) is 5.28. The van der Waals surface area contributed by atoms with Crippen molar-refractivity contribution in [2.24, 2.45) is 5.92 Å². The number of likely N-dealkylation sites (N-methyl/N-ethyl adjacent to an activating group) is 1. The zero-order valence-electron chi connectivity index (χ0n) is 14.7. The summed E-state index contributed by atoms with van der Waals surface area (Å²) in [5, 5.41) is 9.97. The Hall–Kier alpha value is -1.59. The van der Waals surface area contributed by atoms with E-state index >= 15 is 0 Å². The summed E-state index contributed by atoms with van der Waals surface area (Å²) in [7, 11) is 3.64. The quantitative estimate of drug-likeness (QED) is 0.897. The van der Waals surface area contributed by atoms with Crippen molar-refractivity contribution >= 4 is 11.6 Å². The Balaban J connectivity index is 1.63. The van der Waals surface area contributed by atoms with Gasteiger partial charge in [-0.25, -0.2) is 0 Å². The summed E-state index contributed by atoms with van der Waals surface area (Å²) in [5.41, 5.74) is 2.20. The average Bonchev–Trinajstić information content (AvgIpc) is 2.98. The number of carbonyl (C=O) groups is 1. The van der Waals surface area contributed by atoms with E-state index < -0.39 is 0 Å². The Morgan fingerprint density at radius 2 is 2.21 bits per heavy atom. The highest BCUT2D eigenvalue weighted by atomic mass is 16.5. The zero-order chi connectivity index (χ0) is 17.1. The van der Waals surface area contributed by atoms with E-state index in [-0.39, 0.29) is 12.0 Å². The first-order valence-corrected chi connectivity index (χ1v) is 8.92. The van der Waals surface area contributed by atoms with Gasteiger partial charge in [-0.3, -0.25) is 9.69 Å². The van der Waals surface area contributed by atoms with E-state index in [1.54, 1.807) is 7.11 Å². The number of anilines is 1. The van der Waals surface area contributed by atoms with Gasteiger partial charge in [0.15, 0.2) is 0 Å². The van der Waals surface area contributed by atoms with E-state index in [2.05, 4.69) is 4.90 Å². The molecule has 0 saturated heterocycles. The number of ether oxygens (including phenoxy) is 1. The number of methoxy groups -OCH3 is 1. The molecule has 0 aromatic heterocycles. The molecule has 1 aliphatic heterocycles. The second kappa shape index (κ2) is 7.53. The molecule has 5 nitrogen and oxygen atoms in total. The third-order valence-electron chi connectivity index (χ3n) is 5.28. The Kier molecular flexibility index (Phi) is 5.41. The molecule has 0 spiro atoms. The largest absolute Gasteiger partial charge is 0.497 e. The molecule has 1 aliphatic carbocycles. The summed E-state index contributed by atoms with van der Waals surface area (Å²) in [5.74, 6) is 1.28. The summed E-state index contributed by atoms with van der Waals surface area (Å²) >= 11 is 0. The van der Waals surface area contributed by atoms with Crippen LogP contribution in [0.3, 0.4) is 0 Å². The van der Waals surface area contributed by atoms with Gasteiger partial charge >= 0.3 is 0 Å². The van der Waals surface area contributed by atoms with Crippen molar-refractivity contribution in [2.75, 3.05) is 38.7 Å². The van der Waals surface area contributed by atoms with Crippen LogP contribution in [0.15, 0.2) is 18.2 Å². The molecule has 0 bridgehead atoms. The van der Waals surface area contributed by atoms with Crippen LogP contribution in [0.5, 0.6) is 5.75 Å². The van der Waals surface area contributed by atoms with Crippen LogP contribution < -0.4 is 9.64 Å². The molecule has 2 aliphatic rings. The smallest absolute Gasteiger partial charge is 0.241 e. The summed E-state index contributed by atoms with van der Waals surface area (Å²) in [6, 6.07) is 5.95. The van der Waals surface area contributed by atoms with Gasteiger partial charge in [0, 0.05) is 18.8 Å². The van der Waals surface area contributed by atoms with E-state index in [0.29, 0.717) is 12.5 Å². The average molecular weight is 332 g/mol. The fourth-order valence-corrected chi connectivity index (χ4v) is 3.97. The highest BCUT2D eigenvalue weighted by molar-refractivity contribution is 5.96. The fourth-order valence-electron chi connectivity index (χ4n) is 3.97. The molecule has 24 heavy (non-hydrogen) atoms. The number of hydrogen-bond acceptors (Lipinski definition) is 4. The SMILES string of the molecule is COc1ccc2c(c1)CCCN2C(=O)CN(C)CC1CCCC1O. The van der Waals surface area contributed by atoms with Gasteiger partial charge in [0.05, 0.1) is 19.8 Å². The molecule has 1 N–H and O–H groups in total. The molecule has 2 unspecified atom stereocenters. The van der Waals surface area contributed by atoms with Gasteiger partial charge in [-0.05, 0) is 62.4 Å². The molecule has 0 radical (unpaired) electrons. The van der Waals surface area contributed by atoms with Crippen molar-refractivity contribution in [3.63, 3.8) is 0 Å². The van der Waals surface area contributed by atoms with Crippen molar-refractivity contribution in [3.8, 4) is 5.75 Å². The number of nitrogens with zero attached hydrogens (tertiary/aromatic N) is 2. The predicted octanol–water partition coefficient (Wildman–Crippen LogP) is 2.07. The predicted molar refractivity (Wildman–Crippen MR) is 94.5 cm³/mol. The molecule has 132 valence electrons. The van der Waals surface area contributed by atoms with Gasteiger partial charge in [0.1, 0.15) is 5.75 Å². The summed E-state index contributed by atoms with van der Waals surface area (Å²) < 4.78 is 5.29. The van der Waals surface area contributed by atoms with E-state index in [4.69, 9.17) is 4.74 Å². The van der Waals surface area contributed by atoms with Gasteiger partial charge in [0.2, 0.25) is 5.91 Å². The second-order valence-corrected chi connectivity index (χ2v) is 7.10. The third kappa shape index (κ3) is 3.73. The Morgan fingerprint density at radius 1 is 1.38 bits per heavy atom. The van der Waals surface area contributed by atoms with Crippen molar-refractivity contribution in [1.82, 2.24) is 4.90 Å². The highest BCUT2D eigenvalue weighted by Gasteiger charge is 2.28. The van der Waals surface area contributed by atoms with Crippen LogP contribution in [0, 0.1) is 5.92 Å². The van der Waals surface area contributed by atoms with Crippen LogP contribution in [0.4, 0.5) is 5.69 Å². The maximum absolute atomic E-state index is 12.8. The topological polar surface area (TPSA) is 53.0 Å². The summed E-state index contributed by atoms with van der Waals surface area (Å²) in [6.07, 6.45) is 4.82. The Morgan fingerprint density at radius 3 is 2.92 bits per heavy atom. The van der Waals surface area contributed by atoms with E-state index in [1.165, 1.54) is 5.56 Å². The molecule has 1 amide bonds. The number of hydrogen-bond donors (Lipinski definition) is 1. The van der Waals surface area contributed by atoms with Gasteiger partial charge in [-0.1, -0.05) is 6.42 Å². The number of rotatable bonds is 5. The lowest BCUT2D eigenvalue weighted by Crippen LogP contribution is -2.43. The van der Waals surface area contributed by atoms with Crippen LogP contribution in [0.25, 0.3) is 0 Å². The highest BCUT2D eigenvalue weighted by Crippen LogP contribution is 2.31. The number of carbonyl (C=O) groups excluding carboxylic acids is 1. The van der Waals surface area contributed by atoms with Crippen molar-refractivity contribution < 1.29 is 14.6 Å². The lowest BCUT2D eigenvalue weighted by atomic mass is 10.0. The van der Waals surface area contributed by atoms with Crippen LogP contribution >= 0.6 is 0 Å². The fraction of sp³-hybridized carbons (Fsp3) is 0.632. The van der Waals surface area contributed by atoms with Gasteiger partial charge in [-0.15, -0.1) is 0 Å². The molecule has 2 atom stereocenters. The minimum absolute atomic E-state index is 0.135. The summed E-state index contributed by atoms with van der Waals surface area (Å²) in [4.78, 5) is 16.7. The van der Waals surface area contributed by atoms with Crippen LogP contribution in [0.2, 0.25) is 0 Å². The van der Waals surface area contributed by atoms with Crippen molar-refractivity contribution in [2.45, 2.75) is 38.2 Å². The van der Waals surface area contributed by atoms with Crippen LogP contribution in [-0.2, 0) is 11.2 Å². The summed E-state index contributed by atoms with van der Waals surface area (Å²) in [6.45, 7) is 1.96. The second-order valence-electron chi connectivity index (χ2n) is 7.10. The molecular formula is C19H28N2O3. The Bertz CT molecular complexity index is 590. The molecule has 1 aromatic carbocycles. The maximum atomic E-state index is 12.8. The van der Waals surface area contributed by atoms with E-state index in [9.17, 15) is 9.90 Å². The van der Waals surface area contributed by atoms with E-state index in [0.717, 1.165) is 56.6 Å². The maximum Gasteiger partial charge on any atom is 0.241 e. The van der Waals surface area contributed by atoms with Gasteiger partial charge in [0.25, 0.3) is 0 Å². The first kappa shape index (κ1) is 17.2. The molecular weight excluding hydrogens is 304 g/mol. The minimum Gasteiger partial charge on any atom is -0.497 e. The molecule has 1 fully saturated rings. The lowest BCUT2D eigenvalue weighted by molar-refractivity contribution is -0.119. The first-order chi connectivity index (χ1) is 11.6. The van der Waals surface area contributed by atoms with Gasteiger partial charge < -0.3 is 14.7 Å². The number of aliphatic hydroxyl groups is 1. The lowest BCUT2D eigenvalue weighted by Gasteiger charge is -2.32. The normalized spacial score (nSPS) is 23.4.